The topological polar surface area (TPSA) is 90.5 Å². The van der Waals surface area contributed by atoms with Crippen LogP contribution in [0.15, 0.2) is 72.8 Å². The summed E-state index contributed by atoms with van der Waals surface area (Å²) in [7, 11) is 1.65. The van der Waals surface area contributed by atoms with E-state index in [1.54, 1.807) is 73.8 Å². The fraction of sp³-hybridized carbons (Fsp3) is 0.312. The van der Waals surface area contributed by atoms with Gasteiger partial charge in [0.1, 0.15) is 12.4 Å². The lowest BCUT2D eigenvalue weighted by Crippen LogP contribution is -2.30. The Bertz CT molecular complexity index is 1520. The highest BCUT2D eigenvalue weighted by Gasteiger charge is 2.31. The molecular weight excluding hydrogens is 564 g/mol. The highest BCUT2D eigenvalue weighted by Crippen LogP contribution is 2.40. The maximum absolute atomic E-state index is 14.4. The molecule has 1 heterocycles. The molecule has 0 atom stereocenters. The van der Waals surface area contributed by atoms with Gasteiger partial charge in [0.25, 0.3) is 0 Å². The number of nitrogens with one attached hydrogen (secondary N) is 2. The number of aromatic nitrogens is 2. The fourth-order valence-electron chi connectivity index (χ4n) is 4.74. The molecule has 0 spiro atoms. The average Bonchev–Trinajstić information content (AvgIpc) is 3.36. The summed E-state index contributed by atoms with van der Waals surface area (Å²) in [5.41, 5.74) is 2.13. The molecule has 7 nitrogen and oxygen atoms in total. The Kier molecular flexibility index (Phi) is 10.9. The van der Waals surface area contributed by atoms with Crippen LogP contribution in [0.2, 0.25) is 0 Å². The van der Waals surface area contributed by atoms with Gasteiger partial charge in [0.2, 0.25) is 11.9 Å². The molecule has 11 heteroatoms. The zero-order valence-corrected chi connectivity index (χ0v) is 23.8. The van der Waals surface area contributed by atoms with E-state index in [1.807, 2.05) is 0 Å². The van der Waals surface area contributed by atoms with Crippen LogP contribution in [0, 0.1) is 5.95 Å². The van der Waals surface area contributed by atoms with E-state index < -0.39 is 18.5 Å². The lowest BCUT2D eigenvalue weighted by atomic mass is 9.87. The van der Waals surface area contributed by atoms with E-state index in [9.17, 15) is 22.4 Å². The van der Waals surface area contributed by atoms with E-state index in [2.05, 4.69) is 15.5 Å². The summed E-state index contributed by atoms with van der Waals surface area (Å²) in [5, 5.41) is 18.5. The number of halogens is 4. The van der Waals surface area contributed by atoms with Gasteiger partial charge in [-0.25, -0.2) is 0 Å². The molecule has 0 aliphatic heterocycles. The molecule has 228 valence electrons. The van der Waals surface area contributed by atoms with E-state index in [1.165, 1.54) is 11.0 Å². The Morgan fingerprint density at radius 2 is 1.72 bits per heavy atom. The highest BCUT2D eigenvalue weighted by atomic mass is 19.4. The summed E-state index contributed by atoms with van der Waals surface area (Å²) in [5.74, 6) is -0.147. The summed E-state index contributed by atoms with van der Waals surface area (Å²) in [4.78, 5) is 13.4. The third-order valence-corrected chi connectivity index (χ3v) is 6.89. The Morgan fingerprint density at radius 3 is 2.42 bits per heavy atom. The van der Waals surface area contributed by atoms with E-state index >= 15 is 0 Å². The SMILES string of the molecule is CN(CCO)C(=O)CCCNCCOc1ccc(C(=C(CC(F)(F)F)c2ccccc2)c2ccc3n[nH]c(F)c3c2)cc1. The molecule has 0 bridgehead atoms. The average molecular weight is 599 g/mol. The molecule has 0 aliphatic carbocycles. The molecule has 0 saturated heterocycles. The number of hydrogen-bond acceptors (Lipinski definition) is 5. The molecule has 3 N–H and O–H groups in total. The van der Waals surface area contributed by atoms with Gasteiger partial charge >= 0.3 is 6.18 Å². The number of fused-ring (bicyclic) bond motifs is 1. The van der Waals surface area contributed by atoms with Gasteiger partial charge in [0.15, 0.2) is 0 Å². The number of likely N-dealkylation sites (N-methyl/N-ethyl adjacent to an activating group) is 1. The van der Waals surface area contributed by atoms with Crippen LogP contribution in [0.3, 0.4) is 0 Å². The lowest BCUT2D eigenvalue weighted by Gasteiger charge is -2.19. The van der Waals surface area contributed by atoms with Gasteiger partial charge in [0, 0.05) is 26.6 Å². The number of aliphatic hydroxyl groups excluding tert-OH is 1. The smallest absolute Gasteiger partial charge is 0.393 e. The van der Waals surface area contributed by atoms with Gasteiger partial charge in [-0.05, 0) is 65.1 Å². The number of rotatable bonds is 14. The number of carbonyl (C=O) groups is 1. The molecule has 0 radical (unpaired) electrons. The van der Waals surface area contributed by atoms with Crippen molar-refractivity contribution in [2.24, 2.45) is 0 Å². The standard InChI is InChI=1S/C32H34F4N4O3/c1-40(17-18-41)29(42)8-5-15-37-16-19-43-25-12-9-23(10-13-25)30(24-11-14-28-26(20-24)31(33)39-38-28)27(21-32(34,35)36)22-6-3-2-4-7-22/h2-4,6-7,9-14,20,37,41H,5,8,15-19,21H2,1H3,(H,38,39). The predicted octanol–water partition coefficient (Wildman–Crippen LogP) is 5.81. The van der Waals surface area contributed by atoms with Gasteiger partial charge in [-0.15, -0.1) is 0 Å². The first-order chi connectivity index (χ1) is 20.7. The Morgan fingerprint density at radius 1 is 1.00 bits per heavy atom. The van der Waals surface area contributed by atoms with Crippen molar-refractivity contribution >= 4 is 28.0 Å². The second kappa shape index (κ2) is 14.8. The molecule has 4 rings (SSSR count). The molecule has 3 aromatic carbocycles. The van der Waals surface area contributed by atoms with Crippen LogP contribution in [0.5, 0.6) is 5.75 Å². The third-order valence-electron chi connectivity index (χ3n) is 6.89. The number of aliphatic hydroxyl groups is 1. The van der Waals surface area contributed by atoms with E-state index in [4.69, 9.17) is 9.84 Å². The van der Waals surface area contributed by atoms with Gasteiger partial charge in [-0.2, -0.15) is 22.7 Å². The van der Waals surface area contributed by atoms with E-state index in [-0.39, 0.29) is 23.5 Å². The predicted molar refractivity (Wildman–Crippen MR) is 158 cm³/mol. The second-order valence-corrected chi connectivity index (χ2v) is 10.0. The molecular formula is C32H34F4N4O3. The van der Waals surface area contributed by atoms with Gasteiger partial charge < -0.3 is 20.1 Å². The highest BCUT2D eigenvalue weighted by molar-refractivity contribution is 6.00. The zero-order chi connectivity index (χ0) is 30.8. The summed E-state index contributed by atoms with van der Waals surface area (Å²) in [6.07, 6.45) is -4.64. The van der Waals surface area contributed by atoms with Crippen LogP contribution in [-0.2, 0) is 4.79 Å². The summed E-state index contributed by atoms with van der Waals surface area (Å²) < 4.78 is 61.9. The summed E-state index contributed by atoms with van der Waals surface area (Å²) >= 11 is 0. The van der Waals surface area contributed by atoms with Crippen LogP contribution in [0.1, 0.15) is 36.0 Å². The van der Waals surface area contributed by atoms with Gasteiger partial charge in [-0.1, -0.05) is 48.5 Å². The number of allylic oxidation sites excluding steroid dienone is 1. The van der Waals surface area contributed by atoms with Crippen molar-refractivity contribution in [3.63, 3.8) is 0 Å². The van der Waals surface area contributed by atoms with Crippen LogP contribution < -0.4 is 10.1 Å². The van der Waals surface area contributed by atoms with Crippen LogP contribution in [0.4, 0.5) is 17.6 Å². The quantitative estimate of drug-likeness (QED) is 0.0968. The number of benzene rings is 3. The first-order valence-corrected chi connectivity index (χ1v) is 13.9. The van der Waals surface area contributed by atoms with Gasteiger partial charge in [-0.3, -0.25) is 9.89 Å². The number of nitrogens with zero attached hydrogens (tertiary/aromatic N) is 2. The first-order valence-electron chi connectivity index (χ1n) is 13.9. The van der Waals surface area contributed by atoms with Gasteiger partial charge in [0.05, 0.1) is 23.9 Å². The molecule has 0 aliphatic rings. The van der Waals surface area contributed by atoms with Crippen molar-refractivity contribution in [3.05, 3.63) is 95.4 Å². The number of hydrogen-bond donors (Lipinski definition) is 3. The molecule has 1 aromatic heterocycles. The molecule has 43 heavy (non-hydrogen) atoms. The fourth-order valence-corrected chi connectivity index (χ4v) is 4.74. The number of ether oxygens (including phenoxy) is 1. The van der Waals surface area contributed by atoms with Crippen molar-refractivity contribution < 1.29 is 32.2 Å². The lowest BCUT2D eigenvalue weighted by molar-refractivity contribution is -0.130. The minimum Gasteiger partial charge on any atom is -0.492 e. The monoisotopic (exact) mass is 598 g/mol. The van der Waals surface area contributed by atoms with Crippen LogP contribution in [0.25, 0.3) is 22.0 Å². The number of alkyl halides is 3. The molecule has 0 fully saturated rings. The van der Waals surface area contributed by atoms with Crippen molar-refractivity contribution in [1.29, 1.82) is 0 Å². The summed E-state index contributed by atoms with van der Waals surface area (Å²) in [6, 6.07) is 19.9. The largest absolute Gasteiger partial charge is 0.492 e. The Balaban J connectivity index is 1.52. The van der Waals surface area contributed by atoms with E-state index in [0.717, 1.165) is 0 Å². The van der Waals surface area contributed by atoms with Crippen molar-refractivity contribution in [1.82, 2.24) is 20.4 Å². The molecule has 1 amide bonds. The minimum atomic E-state index is -4.49. The van der Waals surface area contributed by atoms with Crippen LogP contribution in [-0.4, -0.2) is 72.2 Å². The first kappa shape index (κ1) is 31.7. The van der Waals surface area contributed by atoms with Crippen LogP contribution >= 0.6 is 0 Å². The van der Waals surface area contributed by atoms with Crippen molar-refractivity contribution in [3.8, 4) is 5.75 Å². The maximum Gasteiger partial charge on any atom is 0.393 e. The number of carbonyl (C=O) groups excluding carboxylic acids is 1. The molecule has 0 saturated carbocycles. The summed E-state index contributed by atoms with van der Waals surface area (Å²) in [6.45, 7) is 1.75. The number of H-pyrrole nitrogens is 1. The normalized spacial score (nSPS) is 12.3. The number of aromatic amines is 1. The van der Waals surface area contributed by atoms with E-state index in [0.29, 0.717) is 72.6 Å². The van der Waals surface area contributed by atoms with Crippen molar-refractivity contribution in [2.45, 2.75) is 25.4 Å². The Hall–Kier alpha value is -4.22. The Labute approximate surface area is 247 Å². The second-order valence-electron chi connectivity index (χ2n) is 10.0. The number of amides is 1. The zero-order valence-electron chi connectivity index (χ0n) is 23.8. The maximum atomic E-state index is 14.4. The third kappa shape index (κ3) is 8.89. The molecule has 0 unspecified atom stereocenters. The minimum absolute atomic E-state index is 0.0268. The molecule has 4 aromatic rings. The van der Waals surface area contributed by atoms with Crippen molar-refractivity contribution in [2.75, 3.05) is 39.9 Å².